The lowest BCUT2D eigenvalue weighted by atomic mass is 9.97. The number of nitrogens with one attached hydrogen (secondary N) is 2. The number of halogens is 1. The number of hydrogen-bond donors (Lipinski definition) is 2. The maximum atomic E-state index is 12.0. The second kappa shape index (κ2) is 12.4. The molecule has 0 saturated carbocycles. The Balaban J connectivity index is 1.29. The average molecular weight is 528 g/mol. The largest absolute Gasteiger partial charge is 0.355 e. The lowest BCUT2D eigenvalue weighted by Gasteiger charge is -2.32. The normalized spacial score (nSPS) is 14.8. The molecule has 182 valence electrons. The zero-order valence-electron chi connectivity index (χ0n) is 19.2. The van der Waals surface area contributed by atoms with Gasteiger partial charge in [0.2, 0.25) is 5.95 Å². The average Bonchev–Trinajstić information content (AvgIpc) is 2.89. The van der Waals surface area contributed by atoms with Crippen LogP contribution in [0.1, 0.15) is 18.5 Å². The maximum Gasteiger partial charge on any atom is 0.257 e. The van der Waals surface area contributed by atoms with E-state index in [4.69, 9.17) is 11.6 Å². The topological polar surface area (TPSA) is 87.2 Å². The Morgan fingerprint density at radius 1 is 1.23 bits per heavy atom. The number of nitrogens with zero attached hydrogens (tertiary/aromatic N) is 3. The van der Waals surface area contributed by atoms with Crippen LogP contribution in [-0.4, -0.2) is 48.2 Å². The molecule has 4 rings (SSSR count). The fourth-order valence-electron chi connectivity index (χ4n) is 3.92. The molecule has 7 nitrogen and oxygen atoms in total. The molecule has 0 atom stereocenters. The third-order valence-electron chi connectivity index (χ3n) is 5.83. The molecule has 1 aromatic heterocycles. The molecule has 35 heavy (non-hydrogen) atoms. The van der Waals surface area contributed by atoms with Gasteiger partial charge in [-0.05, 0) is 78.2 Å². The number of rotatable bonds is 9. The second-order valence-electron chi connectivity index (χ2n) is 8.09. The van der Waals surface area contributed by atoms with Crippen molar-refractivity contribution in [3.8, 4) is 0 Å². The highest BCUT2D eigenvalue weighted by molar-refractivity contribution is 8.16. The summed E-state index contributed by atoms with van der Waals surface area (Å²) in [4.78, 5) is 35.5. The van der Waals surface area contributed by atoms with Crippen molar-refractivity contribution in [2.24, 2.45) is 5.92 Å². The summed E-state index contributed by atoms with van der Waals surface area (Å²) in [5, 5.41) is 5.52. The Morgan fingerprint density at radius 3 is 2.83 bits per heavy atom. The van der Waals surface area contributed by atoms with E-state index in [2.05, 4.69) is 49.2 Å². The minimum absolute atomic E-state index is 0.295. The lowest BCUT2D eigenvalue weighted by molar-refractivity contribution is -0.116. The van der Waals surface area contributed by atoms with Crippen molar-refractivity contribution < 1.29 is 9.59 Å². The standard InChI is InChI=1S/C25H26ClN5O2S2/c1-27-24(33)23(34-16-32)14-19-7-10-28-25(30-19)31-11-8-17(9-12-31)15-29-35-20-5-6-21-18(13-20)3-2-4-22(21)26/h2-7,10,13-14,16-17,29H,8-9,11-12,15H2,1H3,(H,27,33)/b23-14-. The number of carbonyl (C=O) groups excluding carboxylic acids is 2. The fraction of sp³-hybridized carbons (Fsp3) is 0.280. The molecule has 10 heteroatoms. The van der Waals surface area contributed by atoms with E-state index >= 15 is 0 Å². The number of hydrogen-bond acceptors (Lipinski definition) is 8. The predicted molar refractivity (Wildman–Crippen MR) is 146 cm³/mol. The summed E-state index contributed by atoms with van der Waals surface area (Å²) in [6.07, 6.45) is 5.36. The Kier molecular flexibility index (Phi) is 9.03. The van der Waals surface area contributed by atoms with Gasteiger partial charge in [0, 0.05) is 48.2 Å². The molecule has 1 aliphatic rings. The number of anilines is 1. The Morgan fingerprint density at radius 2 is 2.06 bits per heavy atom. The van der Waals surface area contributed by atoms with Crippen molar-refractivity contribution in [3.05, 3.63) is 64.3 Å². The van der Waals surface area contributed by atoms with Gasteiger partial charge in [0.1, 0.15) is 0 Å². The molecule has 1 amide bonds. The SMILES string of the molecule is CNC(=O)/C(=C/c1ccnc(N2CCC(CNSc3ccc4c(Cl)cccc4c3)CC2)n1)SC=O. The first-order chi connectivity index (χ1) is 17.1. The van der Waals surface area contributed by atoms with Crippen molar-refractivity contribution >= 4 is 69.6 Å². The number of aromatic nitrogens is 2. The van der Waals surface area contributed by atoms with Gasteiger partial charge in [0.15, 0.2) is 5.62 Å². The summed E-state index contributed by atoms with van der Waals surface area (Å²) in [5.74, 6) is 0.892. The molecular formula is C25H26ClN5O2S2. The summed E-state index contributed by atoms with van der Waals surface area (Å²) in [5.41, 5.74) is 1.23. The molecule has 0 spiro atoms. The minimum atomic E-state index is -0.319. The highest BCUT2D eigenvalue weighted by Crippen LogP contribution is 2.28. The van der Waals surface area contributed by atoms with E-state index in [1.165, 1.54) is 11.9 Å². The number of likely N-dealkylation sites (N-methyl/N-ethyl adjacent to an activating group) is 1. The van der Waals surface area contributed by atoms with E-state index in [-0.39, 0.29) is 5.91 Å². The minimum Gasteiger partial charge on any atom is -0.355 e. The van der Waals surface area contributed by atoms with Gasteiger partial charge in [-0.15, -0.1) is 0 Å². The van der Waals surface area contributed by atoms with Gasteiger partial charge in [-0.25, -0.2) is 9.97 Å². The van der Waals surface area contributed by atoms with Crippen LogP contribution in [0.2, 0.25) is 5.02 Å². The molecule has 1 fully saturated rings. The van der Waals surface area contributed by atoms with Gasteiger partial charge in [-0.1, -0.05) is 29.8 Å². The summed E-state index contributed by atoms with van der Waals surface area (Å²) in [6, 6.07) is 14.0. The van der Waals surface area contributed by atoms with Crippen molar-refractivity contribution in [3.63, 3.8) is 0 Å². The highest BCUT2D eigenvalue weighted by Gasteiger charge is 2.21. The molecule has 0 unspecified atom stereocenters. The monoisotopic (exact) mass is 527 g/mol. The van der Waals surface area contributed by atoms with Crippen LogP contribution in [0.25, 0.3) is 16.8 Å². The molecule has 1 aliphatic heterocycles. The predicted octanol–water partition coefficient (Wildman–Crippen LogP) is 4.81. The van der Waals surface area contributed by atoms with Gasteiger partial charge in [0.25, 0.3) is 5.91 Å². The molecule has 0 aliphatic carbocycles. The van der Waals surface area contributed by atoms with Gasteiger partial charge in [0.05, 0.1) is 10.6 Å². The molecule has 2 heterocycles. The van der Waals surface area contributed by atoms with Crippen molar-refractivity contribution in [1.29, 1.82) is 0 Å². The van der Waals surface area contributed by atoms with E-state index < -0.39 is 0 Å². The van der Waals surface area contributed by atoms with Crippen LogP contribution in [0.15, 0.2) is 58.5 Å². The van der Waals surface area contributed by atoms with Crippen LogP contribution in [0, 0.1) is 5.92 Å². The van der Waals surface area contributed by atoms with Gasteiger partial charge < -0.3 is 10.2 Å². The number of benzene rings is 2. The molecule has 2 aromatic carbocycles. The first kappa shape index (κ1) is 25.5. The molecule has 1 saturated heterocycles. The van der Waals surface area contributed by atoms with E-state index in [0.29, 0.717) is 28.1 Å². The van der Waals surface area contributed by atoms with Crippen LogP contribution in [0.3, 0.4) is 0 Å². The third-order valence-corrected chi connectivity index (χ3v) is 7.61. The number of amides is 1. The molecule has 2 N–H and O–H groups in total. The number of carbonyl (C=O) groups is 2. The van der Waals surface area contributed by atoms with Crippen molar-refractivity contribution in [1.82, 2.24) is 20.0 Å². The van der Waals surface area contributed by atoms with Crippen LogP contribution < -0.4 is 14.9 Å². The molecular weight excluding hydrogens is 502 g/mol. The zero-order chi connectivity index (χ0) is 24.6. The van der Waals surface area contributed by atoms with Gasteiger partial charge in [-0.2, -0.15) is 0 Å². The van der Waals surface area contributed by atoms with Crippen LogP contribution >= 0.6 is 35.3 Å². The van der Waals surface area contributed by atoms with Crippen molar-refractivity contribution in [2.75, 3.05) is 31.6 Å². The highest BCUT2D eigenvalue weighted by atomic mass is 35.5. The van der Waals surface area contributed by atoms with Gasteiger partial charge in [-0.3, -0.25) is 14.3 Å². The Bertz CT molecular complexity index is 1230. The van der Waals surface area contributed by atoms with Crippen LogP contribution in [-0.2, 0) is 9.59 Å². The Hall–Kier alpha value is -2.59. The lowest BCUT2D eigenvalue weighted by Crippen LogP contribution is -2.37. The first-order valence-electron chi connectivity index (χ1n) is 11.3. The van der Waals surface area contributed by atoms with E-state index in [9.17, 15) is 9.59 Å². The quantitative estimate of drug-likeness (QED) is 0.233. The van der Waals surface area contributed by atoms with E-state index in [1.807, 2.05) is 12.1 Å². The third kappa shape index (κ3) is 6.76. The maximum absolute atomic E-state index is 12.0. The first-order valence-corrected chi connectivity index (χ1v) is 13.3. The second-order valence-corrected chi connectivity index (χ2v) is 10.3. The fourth-order valence-corrected chi connectivity index (χ4v) is 5.48. The van der Waals surface area contributed by atoms with Gasteiger partial charge >= 0.3 is 0 Å². The van der Waals surface area contributed by atoms with Crippen LogP contribution in [0.5, 0.6) is 0 Å². The number of piperidine rings is 1. The summed E-state index contributed by atoms with van der Waals surface area (Å²) in [6.45, 7) is 2.65. The summed E-state index contributed by atoms with van der Waals surface area (Å²) >= 11 is 8.75. The van der Waals surface area contributed by atoms with E-state index in [1.54, 1.807) is 30.3 Å². The molecule has 0 radical (unpaired) electrons. The zero-order valence-corrected chi connectivity index (χ0v) is 21.6. The summed E-state index contributed by atoms with van der Waals surface area (Å²) < 4.78 is 3.52. The van der Waals surface area contributed by atoms with Crippen molar-refractivity contribution in [2.45, 2.75) is 17.7 Å². The van der Waals surface area contributed by atoms with E-state index in [0.717, 1.165) is 60.0 Å². The Labute approximate surface area is 218 Å². The smallest absolute Gasteiger partial charge is 0.257 e. The van der Waals surface area contributed by atoms with Crippen LogP contribution in [0.4, 0.5) is 5.95 Å². The number of thioether (sulfide) groups is 1. The molecule has 3 aromatic rings. The number of fused-ring (bicyclic) bond motifs is 1. The summed E-state index contributed by atoms with van der Waals surface area (Å²) in [7, 11) is 1.53. The molecule has 0 bridgehead atoms.